The summed E-state index contributed by atoms with van der Waals surface area (Å²) in [7, 11) is 0. The maximum absolute atomic E-state index is 5.64. The lowest BCUT2D eigenvalue weighted by Gasteiger charge is -2.17. The molecule has 2 heterocycles. The summed E-state index contributed by atoms with van der Waals surface area (Å²) in [6.07, 6.45) is 6.14. The quantitative estimate of drug-likeness (QED) is 0.878. The van der Waals surface area contributed by atoms with Crippen LogP contribution in [0.3, 0.4) is 0 Å². The monoisotopic (exact) mass is 244 g/mol. The fourth-order valence-electron chi connectivity index (χ4n) is 2.44. The van der Waals surface area contributed by atoms with Gasteiger partial charge in [-0.15, -0.1) is 0 Å². The number of nitrogen functional groups attached to an aromatic ring is 1. The highest BCUT2D eigenvalue weighted by atomic mass is 16.5. The van der Waals surface area contributed by atoms with E-state index < -0.39 is 0 Å². The molecule has 0 aromatic carbocycles. The second kappa shape index (κ2) is 4.76. The molecule has 0 aliphatic heterocycles. The first-order valence-corrected chi connectivity index (χ1v) is 6.39. The van der Waals surface area contributed by atoms with Crippen molar-refractivity contribution in [3.8, 4) is 11.6 Å². The molecule has 3 rings (SSSR count). The van der Waals surface area contributed by atoms with Gasteiger partial charge in [0, 0.05) is 5.92 Å². The number of aromatic nitrogens is 3. The molecule has 94 valence electrons. The van der Waals surface area contributed by atoms with Crippen LogP contribution in [0.1, 0.15) is 43.8 Å². The Hall–Kier alpha value is -1.91. The van der Waals surface area contributed by atoms with Gasteiger partial charge >= 0.3 is 0 Å². The van der Waals surface area contributed by atoms with E-state index in [4.69, 9.17) is 10.3 Å². The van der Waals surface area contributed by atoms with Crippen LogP contribution in [-0.4, -0.2) is 15.1 Å². The normalized spacial score (nSPS) is 16.9. The van der Waals surface area contributed by atoms with Gasteiger partial charge in [0.1, 0.15) is 11.5 Å². The maximum Gasteiger partial charge on any atom is 0.276 e. The standard InChI is InChI=1S/C13H16N4O/c14-11-8-4-7-10(15-11)13-16-12(17-18-13)9-5-2-1-3-6-9/h4,7-9H,1-3,5-6H2,(H2,14,15). The number of nitrogens with two attached hydrogens (primary N) is 1. The molecule has 0 saturated heterocycles. The zero-order valence-corrected chi connectivity index (χ0v) is 10.2. The van der Waals surface area contributed by atoms with Gasteiger partial charge in [0.05, 0.1) is 0 Å². The molecular formula is C13H16N4O. The van der Waals surface area contributed by atoms with Crippen molar-refractivity contribution in [1.82, 2.24) is 15.1 Å². The highest BCUT2D eigenvalue weighted by Gasteiger charge is 2.21. The van der Waals surface area contributed by atoms with Crippen molar-refractivity contribution >= 4 is 5.82 Å². The van der Waals surface area contributed by atoms with E-state index >= 15 is 0 Å². The van der Waals surface area contributed by atoms with Crippen molar-refractivity contribution in [3.05, 3.63) is 24.0 Å². The van der Waals surface area contributed by atoms with Gasteiger partial charge in [-0.3, -0.25) is 0 Å². The van der Waals surface area contributed by atoms with E-state index in [1.54, 1.807) is 6.07 Å². The van der Waals surface area contributed by atoms with Crippen molar-refractivity contribution in [2.24, 2.45) is 0 Å². The molecule has 1 aliphatic carbocycles. The van der Waals surface area contributed by atoms with Gasteiger partial charge in [-0.05, 0) is 25.0 Å². The molecule has 5 heteroatoms. The van der Waals surface area contributed by atoms with Crippen LogP contribution in [0, 0.1) is 0 Å². The molecule has 0 atom stereocenters. The summed E-state index contributed by atoms with van der Waals surface area (Å²) >= 11 is 0. The van der Waals surface area contributed by atoms with Gasteiger partial charge < -0.3 is 10.3 Å². The average molecular weight is 244 g/mol. The molecule has 1 fully saturated rings. The van der Waals surface area contributed by atoms with E-state index in [9.17, 15) is 0 Å². The van der Waals surface area contributed by atoms with Crippen LogP contribution < -0.4 is 5.73 Å². The zero-order valence-electron chi connectivity index (χ0n) is 10.2. The fraction of sp³-hybridized carbons (Fsp3) is 0.462. The van der Waals surface area contributed by atoms with Crippen LogP contribution in [0.15, 0.2) is 22.7 Å². The maximum atomic E-state index is 5.64. The first-order chi connectivity index (χ1) is 8.83. The molecule has 1 saturated carbocycles. The van der Waals surface area contributed by atoms with E-state index in [0.29, 0.717) is 23.3 Å². The number of hydrogen-bond donors (Lipinski definition) is 1. The van der Waals surface area contributed by atoms with E-state index in [1.807, 2.05) is 12.1 Å². The molecule has 18 heavy (non-hydrogen) atoms. The summed E-state index contributed by atoms with van der Waals surface area (Å²) in [6, 6.07) is 5.40. The van der Waals surface area contributed by atoms with Crippen molar-refractivity contribution < 1.29 is 4.52 Å². The Bertz CT molecular complexity index is 531. The predicted octanol–water partition coefficient (Wildman–Crippen LogP) is 2.76. The number of nitrogens with zero attached hydrogens (tertiary/aromatic N) is 3. The number of anilines is 1. The Kier molecular flexibility index (Phi) is 2.96. The lowest BCUT2D eigenvalue weighted by molar-refractivity contribution is 0.385. The number of pyridine rings is 1. The molecule has 2 N–H and O–H groups in total. The van der Waals surface area contributed by atoms with E-state index in [-0.39, 0.29) is 0 Å². The smallest absolute Gasteiger partial charge is 0.276 e. The first kappa shape index (κ1) is 11.2. The third kappa shape index (κ3) is 2.20. The predicted molar refractivity (Wildman–Crippen MR) is 67.8 cm³/mol. The minimum absolute atomic E-state index is 0.442. The van der Waals surface area contributed by atoms with Crippen LogP contribution in [0.5, 0.6) is 0 Å². The van der Waals surface area contributed by atoms with Crippen molar-refractivity contribution in [1.29, 1.82) is 0 Å². The molecule has 2 aromatic rings. The third-order valence-corrected chi connectivity index (χ3v) is 3.40. The van der Waals surface area contributed by atoms with Gasteiger partial charge in [0.2, 0.25) is 0 Å². The second-order valence-corrected chi connectivity index (χ2v) is 4.74. The highest BCUT2D eigenvalue weighted by molar-refractivity contribution is 5.50. The molecule has 0 unspecified atom stereocenters. The minimum Gasteiger partial charge on any atom is -0.384 e. The largest absolute Gasteiger partial charge is 0.384 e. The molecule has 2 aromatic heterocycles. The van der Waals surface area contributed by atoms with Crippen molar-refractivity contribution in [2.75, 3.05) is 5.73 Å². The van der Waals surface area contributed by atoms with Gasteiger partial charge in [0.15, 0.2) is 5.82 Å². The summed E-state index contributed by atoms with van der Waals surface area (Å²) in [6.45, 7) is 0. The Morgan fingerprint density at radius 1 is 1.11 bits per heavy atom. The second-order valence-electron chi connectivity index (χ2n) is 4.74. The molecule has 0 bridgehead atoms. The topological polar surface area (TPSA) is 77.8 Å². The molecule has 0 radical (unpaired) electrons. The minimum atomic E-state index is 0.442. The zero-order chi connectivity index (χ0) is 12.4. The Morgan fingerprint density at radius 3 is 2.72 bits per heavy atom. The lowest BCUT2D eigenvalue weighted by atomic mass is 9.89. The van der Waals surface area contributed by atoms with E-state index in [2.05, 4.69) is 15.1 Å². The van der Waals surface area contributed by atoms with Gasteiger partial charge in [-0.25, -0.2) is 4.98 Å². The molecule has 5 nitrogen and oxygen atoms in total. The van der Waals surface area contributed by atoms with Crippen molar-refractivity contribution in [2.45, 2.75) is 38.0 Å². The average Bonchev–Trinajstić information content (AvgIpc) is 2.89. The van der Waals surface area contributed by atoms with Crippen LogP contribution >= 0.6 is 0 Å². The van der Waals surface area contributed by atoms with Crippen molar-refractivity contribution in [3.63, 3.8) is 0 Å². The summed E-state index contributed by atoms with van der Waals surface area (Å²) in [4.78, 5) is 8.63. The molecule has 1 aliphatic rings. The van der Waals surface area contributed by atoms with Gasteiger partial charge in [-0.1, -0.05) is 30.5 Å². The Morgan fingerprint density at radius 2 is 1.94 bits per heavy atom. The van der Waals surface area contributed by atoms with Crippen LogP contribution in [-0.2, 0) is 0 Å². The first-order valence-electron chi connectivity index (χ1n) is 6.39. The lowest BCUT2D eigenvalue weighted by Crippen LogP contribution is -2.06. The van der Waals surface area contributed by atoms with E-state index in [1.165, 1.54) is 19.3 Å². The third-order valence-electron chi connectivity index (χ3n) is 3.40. The summed E-state index contributed by atoms with van der Waals surface area (Å²) in [5, 5.41) is 4.08. The Balaban J connectivity index is 1.84. The molecule has 0 amide bonds. The van der Waals surface area contributed by atoms with E-state index in [0.717, 1.165) is 18.7 Å². The highest BCUT2D eigenvalue weighted by Crippen LogP contribution is 2.31. The van der Waals surface area contributed by atoms with Crippen LogP contribution in [0.4, 0.5) is 5.82 Å². The molecular weight excluding hydrogens is 228 g/mol. The molecule has 0 spiro atoms. The van der Waals surface area contributed by atoms with Crippen LogP contribution in [0.2, 0.25) is 0 Å². The van der Waals surface area contributed by atoms with Crippen LogP contribution in [0.25, 0.3) is 11.6 Å². The van der Waals surface area contributed by atoms with Gasteiger partial charge in [0.25, 0.3) is 5.89 Å². The number of rotatable bonds is 2. The SMILES string of the molecule is Nc1cccc(-c2nc(C3CCCCC3)no2)n1. The Labute approximate surface area is 105 Å². The summed E-state index contributed by atoms with van der Waals surface area (Å²) in [5.41, 5.74) is 6.29. The summed E-state index contributed by atoms with van der Waals surface area (Å²) in [5.74, 6) is 2.18. The van der Waals surface area contributed by atoms with Gasteiger partial charge in [-0.2, -0.15) is 4.98 Å². The fourth-order valence-corrected chi connectivity index (χ4v) is 2.44. The summed E-state index contributed by atoms with van der Waals surface area (Å²) < 4.78 is 5.28. The number of hydrogen-bond acceptors (Lipinski definition) is 5.